The summed E-state index contributed by atoms with van der Waals surface area (Å²) in [6.45, 7) is 20.4. The number of carbonyl (C=O) groups excluding carboxylic acids is 3. The van der Waals surface area contributed by atoms with Gasteiger partial charge in [-0.1, -0.05) is 114 Å². The Morgan fingerprint density at radius 3 is 2.02 bits per heavy atom. The van der Waals surface area contributed by atoms with Gasteiger partial charge in [0.2, 0.25) is 5.91 Å². The molecule has 0 saturated heterocycles. The summed E-state index contributed by atoms with van der Waals surface area (Å²) in [5, 5.41) is 6.05. The van der Waals surface area contributed by atoms with Crippen molar-refractivity contribution in [3.05, 3.63) is 77.9 Å². The lowest BCUT2D eigenvalue weighted by molar-refractivity contribution is -0.129. The van der Waals surface area contributed by atoms with Crippen molar-refractivity contribution in [1.82, 2.24) is 10.6 Å². The first kappa shape index (κ1) is 38.9. The zero-order chi connectivity index (χ0) is 34.5. The fourth-order valence-corrected chi connectivity index (χ4v) is 6.19. The van der Waals surface area contributed by atoms with Gasteiger partial charge in [0.15, 0.2) is 8.32 Å². The fourth-order valence-electron chi connectivity index (χ4n) is 4.82. The second-order valence-corrected chi connectivity index (χ2v) is 19.7. The molecule has 5 atom stereocenters. The van der Waals surface area contributed by atoms with Gasteiger partial charge in [0, 0.05) is 5.92 Å². The molecular weight excluding hydrogens is 593 g/mol. The van der Waals surface area contributed by atoms with E-state index in [1.54, 1.807) is 0 Å². The number of rotatable bonds is 16. The van der Waals surface area contributed by atoms with E-state index in [1.807, 2.05) is 107 Å². The number of carbonyl (C=O) groups is 3. The standard InChI is InChI=1S/C38H58N2O5Si/c1-11-28(2)33(27-41)39-35(42)31(24-18-23-29-19-14-12-15-20-29)26-34(45-46(9,10)38(6,7)8)32(25-30-21-16-13-17-22-30)40-36(43)44-37(3,4)5/h12-23,27-28,31-34H,11,24-26H2,1-10H3,(H,39,42)(H,40,43)/t28-,31?,32?,33+,34?/m0/s1. The molecule has 0 bridgehead atoms. The maximum atomic E-state index is 14.0. The van der Waals surface area contributed by atoms with Crippen LogP contribution < -0.4 is 10.6 Å². The summed E-state index contributed by atoms with van der Waals surface area (Å²) in [4.78, 5) is 39.3. The first-order valence-corrected chi connectivity index (χ1v) is 19.5. The van der Waals surface area contributed by atoms with Crippen molar-refractivity contribution in [3.8, 4) is 0 Å². The van der Waals surface area contributed by atoms with Crippen molar-refractivity contribution in [2.45, 2.75) is 123 Å². The van der Waals surface area contributed by atoms with Gasteiger partial charge in [-0.2, -0.15) is 0 Å². The van der Waals surface area contributed by atoms with Crippen LogP contribution in [0.15, 0.2) is 66.7 Å². The summed E-state index contributed by atoms with van der Waals surface area (Å²) >= 11 is 0. The van der Waals surface area contributed by atoms with E-state index < -0.39 is 44.1 Å². The lowest BCUT2D eigenvalue weighted by Gasteiger charge is -2.42. The fraction of sp³-hybridized carbons (Fsp3) is 0.553. The minimum atomic E-state index is -2.39. The lowest BCUT2D eigenvalue weighted by Crippen LogP contribution is -2.54. The number of aldehydes is 1. The van der Waals surface area contributed by atoms with Crippen LogP contribution in [0.4, 0.5) is 4.79 Å². The average molecular weight is 651 g/mol. The van der Waals surface area contributed by atoms with E-state index in [-0.39, 0.29) is 16.9 Å². The van der Waals surface area contributed by atoms with E-state index in [0.29, 0.717) is 19.3 Å². The van der Waals surface area contributed by atoms with Gasteiger partial charge in [-0.3, -0.25) is 4.79 Å². The summed E-state index contributed by atoms with van der Waals surface area (Å²) in [5.74, 6) is -0.712. The first-order valence-electron chi connectivity index (χ1n) is 16.6. The summed E-state index contributed by atoms with van der Waals surface area (Å²) < 4.78 is 12.8. The first-order chi connectivity index (χ1) is 21.5. The van der Waals surface area contributed by atoms with Crippen molar-refractivity contribution in [2.75, 3.05) is 0 Å². The van der Waals surface area contributed by atoms with Crippen LogP contribution in [-0.2, 0) is 25.2 Å². The minimum absolute atomic E-state index is 0.000836. The number of hydrogen-bond donors (Lipinski definition) is 2. The molecule has 3 unspecified atom stereocenters. The van der Waals surface area contributed by atoms with Crippen molar-refractivity contribution < 1.29 is 23.5 Å². The van der Waals surface area contributed by atoms with Gasteiger partial charge < -0.3 is 24.6 Å². The third kappa shape index (κ3) is 13.2. The molecule has 0 heterocycles. The molecule has 0 aliphatic heterocycles. The van der Waals surface area contributed by atoms with Crippen LogP contribution in [0.25, 0.3) is 6.08 Å². The summed E-state index contributed by atoms with van der Waals surface area (Å²) in [6, 6.07) is 18.9. The molecule has 7 nitrogen and oxygen atoms in total. The third-order valence-corrected chi connectivity index (χ3v) is 13.3. The maximum absolute atomic E-state index is 14.0. The molecule has 0 fully saturated rings. The van der Waals surface area contributed by atoms with E-state index in [0.717, 1.165) is 23.8 Å². The van der Waals surface area contributed by atoms with Gasteiger partial charge in [-0.05, 0) is 75.2 Å². The second kappa shape index (κ2) is 17.6. The molecule has 8 heteroatoms. The molecule has 2 aromatic rings. The zero-order valence-corrected chi connectivity index (χ0v) is 30.8. The number of allylic oxidation sites excluding steroid dienone is 1. The Balaban J connectivity index is 2.58. The molecule has 0 aliphatic rings. The molecule has 2 rings (SSSR count). The molecule has 46 heavy (non-hydrogen) atoms. The SMILES string of the molecule is CC[C@H](C)[C@@H](C=O)NC(=O)C(CC=Cc1ccccc1)CC(O[Si](C)(C)C(C)(C)C)C(Cc1ccccc1)NC(=O)OC(C)(C)C. The summed E-state index contributed by atoms with van der Waals surface area (Å²) in [6.07, 6.45) is 5.86. The molecule has 0 spiro atoms. The number of ether oxygens (including phenoxy) is 1. The maximum Gasteiger partial charge on any atom is 0.407 e. The molecule has 2 N–H and O–H groups in total. The Hall–Kier alpha value is -3.23. The van der Waals surface area contributed by atoms with Crippen LogP contribution in [-0.4, -0.2) is 50.4 Å². The molecule has 2 amide bonds. The predicted molar refractivity (Wildman–Crippen MR) is 191 cm³/mol. The molecule has 0 saturated carbocycles. The number of hydrogen-bond acceptors (Lipinski definition) is 5. The van der Waals surface area contributed by atoms with Crippen LogP contribution in [0.5, 0.6) is 0 Å². The van der Waals surface area contributed by atoms with E-state index in [1.165, 1.54) is 0 Å². The smallest absolute Gasteiger partial charge is 0.407 e. The Labute approximate surface area is 279 Å². The van der Waals surface area contributed by atoms with Gasteiger partial charge in [0.05, 0.1) is 18.2 Å². The zero-order valence-electron chi connectivity index (χ0n) is 29.8. The van der Waals surface area contributed by atoms with E-state index in [2.05, 4.69) is 44.5 Å². The monoisotopic (exact) mass is 650 g/mol. The van der Waals surface area contributed by atoms with E-state index >= 15 is 0 Å². The molecule has 0 radical (unpaired) electrons. The lowest BCUT2D eigenvalue weighted by atomic mass is 9.90. The number of alkyl carbamates (subject to hydrolysis) is 1. The summed E-state index contributed by atoms with van der Waals surface area (Å²) in [5.41, 5.74) is 1.39. The second-order valence-electron chi connectivity index (χ2n) is 14.9. The van der Waals surface area contributed by atoms with Crippen molar-refractivity contribution >= 4 is 32.7 Å². The van der Waals surface area contributed by atoms with Crippen LogP contribution in [0, 0.1) is 11.8 Å². The summed E-state index contributed by atoms with van der Waals surface area (Å²) in [7, 11) is -2.39. The Morgan fingerprint density at radius 2 is 1.50 bits per heavy atom. The van der Waals surface area contributed by atoms with Crippen molar-refractivity contribution in [1.29, 1.82) is 0 Å². The van der Waals surface area contributed by atoms with E-state index in [4.69, 9.17) is 9.16 Å². The van der Waals surface area contributed by atoms with Crippen LogP contribution in [0.3, 0.4) is 0 Å². The highest BCUT2D eigenvalue weighted by atomic mass is 28.4. The quantitative estimate of drug-likeness (QED) is 0.141. The molecule has 0 aromatic heterocycles. The Kier molecular flexibility index (Phi) is 14.9. The normalized spacial score (nSPS) is 15.8. The number of nitrogens with one attached hydrogen (secondary N) is 2. The molecule has 254 valence electrons. The van der Waals surface area contributed by atoms with Gasteiger partial charge in [-0.25, -0.2) is 4.79 Å². The molecule has 0 aliphatic carbocycles. The van der Waals surface area contributed by atoms with Crippen molar-refractivity contribution in [3.63, 3.8) is 0 Å². The largest absolute Gasteiger partial charge is 0.444 e. The predicted octanol–water partition coefficient (Wildman–Crippen LogP) is 8.35. The van der Waals surface area contributed by atoms with Crippen LogP contribution >= 0.6 is 0 Å². The van der Waals surface area contributed by atoms with Crippen LogP contribution in [0.1, 0.15) is 85.8 Å². The van der Waals surface area contributed by atoms with Crippen molar-refractivity contribution in [2.24, 2.45) is 11.8 Å². The third-order valence-electron chi connectivity index (χ3n) is 8.83. The minimum Gasteiger partial charge on any atom is -0.444 e. The highest BCUT2D eigenvalue weighted by Gasteiger charge is 2.42. The molecular formula is C38H58N2O5Si. The molecule has 2 aromatic carbocycles. The van der Waals surface area contributed by atoms with Crippen LogP contribution in [0.2, 0.25) is 18.1 Å². The Bertz CT molecular complexity index is 1250. The van der Waals surface area contributed by atoms with Gasteiger partial charge in [0.1, 0.15) is 11.9 Å². The highest BCUT2D eigenvalue weighted by molar-refractivity contribution is 6.74. The van der Waals surface area contributed by atoms with Gasteiger partial charge in [0.25, 0.3) is 0 Å². The average Bonchev–Trinajstić information content (AvgIpc) is 2.97. The van der Waals surface area contributed by atoms with Gasteiger partial charge in [-0.15, -0.1) is 0 Å². The number of benzene rings is 2. The topological polar surface area (TPSA) is 93.7 Å². The Morgan fingerprint density at radius 1 is 0.913 bits per heavy atom. The van der Waals surface area contributed by atoms with Gasteiger partial charge >= 0.3 is 6.09 Å². The van der Waals surface area contributed by atoms with E-state index in [9.17, 15) is 14.4 Å². The number of amides is 2. The highest BCUT2D eigenvalue weighted by Crippen LogP contribution is 2.39.